The number of benzene rings is 1. The maximum Gasteiger partial charge on any atom is 0.270 e. The Kier molecular flexibility index (Phi) is 5.08. The highest BCUT2D eigenvalue weighted by Crippen LogP contribution is 2.26. The summed E-state index contributed by atoms with van der Waals surface area (Å²) in [7, 11) is 0. The summed E-state index contributed by atoms with van der Waals surface area (Å²) in [5.74, 6) is 0.174. The molecule has 5 heteroatoms. The SMILES string of the molecule is CCC(Cc1ccc([N+](=O)[O-])cc1Br)C(C)O. The van der Waals surface area contributed by atoms with Crippen LogP contribution in [0.2, 0.25) is 0 Å². The maximum absolute atomic E-state index is 10.6. The molecule has 0 heterocycles. The predicted molar refractivity (Wildman–Crippen MR) is 70.0 cm³/mol. The fourth-order valence-electron chi connectivity index (χ4n) is 1.75. The largest absolute Gasteiger partial charge is 0.393 e. The van der Waals surface area contributed by atoms with E-state index in [-0.39, 0.29) is 17.7 Å². The number of non-ortho nitro benzene ring substituents is 1. The Bertz CT molecular complexity index is 407. The molecule has 4 nitrogen and oxygen atoms in total. The molecule has 0 saturated heterocycles. The second kappa shape index (κ2) is 6.12. The van der Waals surface area contributed by atoms with Crippen LogP contribution in [-0.2, 0) is 6.42 Å². The molecular formula is C12H16BrNO3. The quantitative estimate of drug-likeness (QED) is 0.670. The zero-order chi connectivity index (χ0) is 13.0. The van der Waals surface area contributed by atoms with Gasteiger partial charge in [-0.3, -0.25) is 10.1 Å². The molecule has 17 heavy (non-hydrogen) atoms. The molecule has 0 aliphatic rings. The molecule has 0 aliphatic carbocycles. The van der Waals surface area contributed by atoms with E-state index in [1.807, 2.05) is 6.92 Å². The smallest absolute Gasteiger partial charge is 0.270 e. The number of hydrogen-bond donors (Lipinski definition) is 1. The minimum Gasteiger partial charge on any atom is -0.393 e. The van der Waals surface area contributed by atoms with Gasteiger partial charge in [0.2, 0.25) is 0 Å². The number of nitro groups is 1. The van der Waals surface area contributed by atoms with Gasteiger partial charge in [-0.05, 0) is 24.8 Å². The second-order valence-electron chi connectivity index (χ2n) is 4.15. The number of aliphatic hydroxyl groups excluding tert-OH is 1. The lowest BCUT2D eigenvalue weighted by molar-refractivity contribution is -0.384. The van der Waals surface area contributed by atoms with Gasteiger partial charge >= 0.3 is 0 Å². The van der Waals surface area contributed by atoms with Gasteiger partial charge in [0, 0.05) is 16.6 Å². The zero-order valence-electron chi connectivity index (χ0n) is 9.89. The first-order valence-corrected chi connectivity index (χ1v) is 6.35. The minimum atomic E-state index is -0.416. The summed E-state index contributed by atoms with van der Waals surface area (Å²) in [6.07, 6.45) is 1.22. The van der Waals surface area contributed by atoms with E-state index in [9.17, 15) is 15.2 Å². The number of rotatable bonds is 5. The molecule has 1 aromatic rings. The maximum atomic E-state index is 10.6. The van der Waals surface area contributed by atoms with Crippen molar-refractivity contribution in [1.82, 2.24) is 0 Å². The molecule has 1 N–H and O–H groups in total. The molecule has 1 rings (SSSR count). The first kappa shape index (κ1) is 14.1. The summed E-state index contributed by atoms with van der Waals surface area (Å²) in [5.41, 5.74) is 1.06. The third kappa shape index (κ3) is 3.78. The molecule has 0 radical (unpaired) electrons. The summed E-state index contributed by atoms with van der Waals surface area (Å²) in [6.45, 7) is 3.80. The highest BCUT2D eigenvalue weighted by molar-refractivity contribution is 9.10. The van der Waals surface area contributed by atoms with Crippen molar-refractivity contribution >= 4 is 21.6 Å². The lowest BCUT2D eigenvalue weighted by Crippen LogP contribution is -2.18. The van der Waals surface area contributed by atoms with Crippen molar-refractivity contribution in [3.8, 4) is 0 Å². The van der Waals surface area contributed by atoms with Crippen molar-refractivity contribution in [1.29, 1.82) is 0 Å². The van der Waals surface area contributed by atoms with Gasteiger partial charge in [-0.25, -0.2) is 0 Å². The van der Waals surface area contributed by atoms with Crippen LogP contribution in [0.15, 0.2) is 22.7 Å². The van der Waals surface area contributed by atoms with Crippen LogP contribution in [0.1, 0.15) is 25.8 Å². The minimum absolute atomic E-state index is 0.0747. The van der Waals surface area contributed by atoms with Crippen LogP contribution in [0, 0.1) is 16.0 Å². The van der Waals surface area contributed by atoms with Gasteiger partial charge in [0.25, 0.3) is 5.69 Å². The summed E-state index contributed by atoms with van der Waals surface area (Å²) in [4.78, 5) is 10.2. The average Bonchev–Trinajstić information content (AvgIpc) is 2.26. The van der Waals surface area contributed by atoms with Gasteiger partial charge in [-0.2, -0.15) is 0 Å². The molecule has 2 atom stereocenters. The van der Waals surface area contributed by atoms with E-state index in [2.05, 4.69) is 15.9 Å². The van der Waals surface area contributed by atoms with Crippen molar-refractivity contribution in [2.45, 2.75) is 32.8 Å². The summed E-state index contributed by atoms with van der Waals surface area (Å²) in [6, 6.07) is 4.74. The highest BCUT2D eigenvalue weighted by Gasteiger charge is 2.16. The van der Waals surface area contributed by atoms with Gasteiger partial charge in [0.1, 0.15) is 0 Å². The van der Waals surface area contributed by atoms with Crippen LogP contribution >= 0.6 is 15.9 Å². The molecule has 1 aromatic carbocycles. The van der Waals surface area contributed by atoms with Gasteiger partial charge in [-0.15, -0.1) is 0 Å². The van der Waals surface area contributed by atoms with Crippen LogP contribution in [-0.4, -0.2) is 16.1 Å². The molecule has 0 spiro atoms. The fraction of sp³-hybridized carbons (Fsp3) is 0.500. The van der Waals surface area contributed by atoms with Crippen LogP contribution in [0.5, 0.6) is 0 Å². The van der Waals surface area contributed by atoms with Crippen LogP contribution in [0.4, 0.5) is 5.69 Å². The predicted octanol–water partition coefficient (Wildman–Crippen LogP) is 3.31. The van der Waals surface area contributed by atoms with E-state index in [1.165, 1.54) is 12.1 Å². The Morgan fingerprint density at radius 1 is 1.53 bits per heavy atom. The summed E-state index contributed by atoms with van der Waals surface area (Å²) in [5, 5.41) is 20.2. The third-order valence-corrected chi connectivity index (χ3v) is 3.67. The van der Waals surface area contributed by atoms with E-state index in [0.29, 0.717) is 6.42 Å². The van der Waals surface area contributed by atoms with Crippen molar-refractivity contribution in [2.75, 3.05) is 0 Å². The molecule has 0 amide bonds. The standard InChI is InChI=1S/C12H16BrNO3/c1-3-9(8(2)15)6-10-4-5-11(14(16)17)7-12(10)13/h4-5,7-9,15H,3,6H2,1-2H3. The second-order valence-corrected chi connectivity index (χ2v) is 5.00. The third-order valence-electron chi connectivity index (χ3n) is 2.94. The van der Waals surface area contributed by atoms with Gasteiger partial charge < -0.3 is 5.11 Å². The van der Waals surface area contributed by atoms with Crippen molar-refractivity contribution < 1.29 is 10.0 Å². The average molecular weight is 302 g/mol. The van der Waals surface area contributed by atoms with Crippen LogP contribution in [0.3, 0.4) is 0 Å². The highest BCUT2D eigenvalue weighted by atomic mass is 79.9. The Morgan fingerprint density at radius 3 is 2.59 bits per heavy atom. The van der Waals surface area contributed by atoms with E-state index < -0.39 is 4.92 Å². The molecule has 0 bridgehead atoms. The Hall–Kier alpha value is -0.940. The number of hydrogen-bond acceptors (Lipinski definition) is 3. The van der Waals surface area contributed by atoms with Crippen LogP contribution in [0.25, 0.3) is 0 Å². The van der Waals surface area contributed by atoms with Gasteiger partial charge in [-0.1, -0.05) is 35.3 Å². The molecule has 2 unspecified atom stereocenters. The molecule has 0 fully saturated rings. The Morgan fingerprint density at radius 2 is 2.18 bits per heavy atom. The topological polar surface area (TPSA) is 63.4 Å². The molecule has 0 saturated carbocycles. The number of nitrogens with zero attached hydrogens (tertiary/aromatic N) is 1. The van der Waals surface area contributed by atoms with E-state index in [4.69, 9.17) is 0 Å². The van der Waals surface area contributed by atoms with Crippen LogP contribution < -0.4 is 0 Å². The lowest BCUT2D eigenvalue weighted by Gasteiger charge is -2.18. The molecule has 0 aliphatic heterocycles. The number of halogens is 1. The normalized spacial score (nSPS) is 14.4. The molecule has 94 valence electrons. The first-order chi connectivity index (χ1) is 7.95. The summed E-state index contributed by atoms with van der Waals surface area (Å²) < 4.78 is 0.728. The van der Waals surface area contributed by atoms with Crippen molar-refractivity contribution in [3.05, 3.63) is 38.3 Å². The lowest BCUT2D eigenvalue weighted by atomic mass is 9.92. The van der Waals surface area contributed by atoms with Crippen molar-refractivity contribution in [3.63, 3.8) is 0 Å². The van der Waals surface area contributed by atoms with E-state index >= 15 is 0 Å². The van der Waals surface area contributed by atoms with Gasteiger partial charge in [0.05, 0.1) is 11.0 Å². The first-order valence-electron chi connectivity index (χ1n) is 5.56. The molecular weight excluding hydrogens is 286 g/mol. The van der Waals surface area contributed by atoms with E-state index in [1.54, 1.807) is 13.0 Å². The van der Waals surface area contributed by atoms with E-state index in [0.717, 1.165) is 16.5 Å². The number of aliphatic hydroxyl groups is 1. The Labute approximate surface area is 109 Å². The fourth-order valence-corrected chi connectivity index (χ4v) is 2.28. The Balaban J connectivity index is 2.89. The van der Waals surface area contributed by atoms with Gasteiger partial charge in [0.15, 0.2) is 0 Å². The molecule has 0 aromatic heterocycles. The van der Waals surface area contributed by atoms with Crippen molar-refractivity contribution in [2.24, 2.45) is 5.92 Å². The monoisotopic (exact) mass is 301 g/mol. The number of nitro benzene ring substituents is 1. The summed E-state index contributed by atoms with van der Waals surface area (Å²) >= 11 is 3.34. The zero-order valence-corrected chi connectivity index (χ0v) is 11.5.